The van der Waals surface area contributed by atoms with E-state index in [4.69, 9.17) is 10.2 Å². The first-order chi connectivity index (χ1) is 11.4. The van der Waals surface area contributed by atoms with Crippen LogP contribution < -0.4 is 5.32 Å². The third-order valence-corrected chi connectivity index (χ3v) is 4.45. The Morgan fingerprint density at radius 2 is 1.83 bits per heavy atom. The Balaban J connectivity index is 1.73. The second-order valence-corrected chi connectivity index (χ2v) is 6.01. The Morgan fingerprint density at radius 1 is 1.17 bits per heavy atom. The van der Waals surface area contributed by atoms with E-state index >= 15 is 0 Å². The molecule has 0 spiro atoms. The van der Waals surface area contributed by atoms with Gasteiger partial charge in [-0.1, -0.05) is 11.8 Å². The van der Waals surface area contributed by atoms with E-state index in [9.17, 15) is 14.4 Å². The summed E-state index contributed by atoms with van der Waals surface area (Å²) in [7, 11) is 0. The van der Waals surface area contributed by atoms with Crippen LogP contribution in [0.3, 0.4) is 0 Å². The number of nitrogens with one attached hydrogen (secondary N) is 1. The second-order valence-electron chi connectivity index (χ2n) is 5.18. The number of fused-ring (bicyclic) bond motifs is 1. The van der Waals surface area contributed by atoms with Crippen molar-refractivity contribution in [3.05, 3.63) is 40.4 Å². The van der Waals surface area contributed by atoms with Crippen LogP contribution in [0.25, 0.3) is 0 Å². The Labute approximate surface area is 140 Å². The molecule has 8 nitrogen and oxygen atoms in total. The predicted octanol–water partition coefficient (Wildman–Crippen LogP) is 1.67. The molecule has 2 aliphatic rings. The molecule has 0 saturated carbocycles. The van der Waals surface area contributed by atoms with Gasteiger partial charge in [0.1, 0.15) is 0 Å². The lowest BCUT2D eigenvalue weighted by atomic mass is 10.1. The molecule has 2 aliphatic heterocycles. The van der Waals surface area contributed by atoms with Crippen molar-refractivity contribution < 1.29 is 24.6 Å². The third-order valence-electron chi connectivity index (χ3n) is 3.50. The van der Waals surface area contributed by atoms with Crippen LogP contribution in [0, 0.1) is 0 Å². The first-order valence-corrected chi connectivity index (χ1v) is 7.91. The lowest BCUT2D eigenvalue weighted by Gasteiger charge is -2.16. The van der Waals surface area contributed by atoms with Crippen LogP contribution in [-0.2, 0) is 4.79 Å². The number of hydrogen-bond donors (Lipinski definition) is 3. The number of carbonyl (C=O) groups is 3. The Hall–Kier alpha value is -2.81. The number of hydrogen-bond acceptors (Lipinski definition) is 6. The number of carboxylic acid groups (broad SMARTS) is 2. The normalized spacial score (nSPS) is 15.6. The number of aliphatic imine (C=N–C) groups is 1. The van der Waals surface area contributed by atoms with Gasteiger partial charge in [-0.15, -0.1) is 0 Å². The highest BCUT2D eigenvalue weighted by atomic mass is 32.2. The van der Waals surface area contributed by atoms with Crippen molar-refractivity contribution in [2.75, 3.05) is 18.4 Å². The van der Waals surface area contributed by atoms with Crippen LogP contribution in [0.4, 0.5) is 5.69 Å². The standard InChI is InChI=1S/C15H13N3O5S/c19-12(6-11-7-24-15-16-1-2-18(11)15)17-10-4-8(13(20)21)3-9(5-10)14(22)23/h3-5,7H,1-2,6H2,(H,17,19)(H,20,21)(H,22,23). The topological polar surface area (TPSA) is 119 Å². The lowest BCUT2D eigenvalue weighted by molar-refractivity contribution is -0.115. The summed E-state index contributed by atoms with van der Waals surface area (Å²) >= 11 is 1.46. The fourth-order valence-electron chi connectivity index (χ4n) is 2.43. The Kier molecular flexibility index (Phi) is 4.26. The van der Waals surface area contributed by atoms with Gasteiger partial charge in [0.15, 0.2) is 5.17 Å². The molecule has 0 unspecified atom stereocenters. The molecule has 2 heterocycles. The highest BCUT2D eigenvalue weighted by Gasteiger charge is 2.27. The average molecular weight is 347 g/mol. The minimum atomic E-state index is -1.26. The lowest BCUT2D eigenvalue weighted by Crippen LogP contribution is -2.24. The smallest absolute Gasteiger partial charge is 0.335 e. The number of anilines is 1. The van der Waals surface area contributed by atoms with E-state index in [2.05, 4.69) is 10.3 Å². The molecule has 0 fully saturated rings. The van der Waals surface area contributed by atoms with Crippen molar-refractivity contribution in [2.45, 2.75) is 6.42 Å². The van der Waals surface area contributed by atoms with E-state index in [0.717, 1.165) is 23.5 Å². The molecule has 0 aliphatic carbocycles. The minimum Gasteiger partial charge on any atom is -0.478 e. The zero-order valence-electron chi connectivity index (χ0n) is 12.4. The Morgan fingerprint density at radius 3 is 2.46 bits per heavy atom. The van der Waals surface area contributed by atoms with E-state index in [0.29, 0.717) is 6.54 Å². The number of carbonyl (C=O) groups excluding carboxylic acids is 1. The van der Waals surface area contributed by atoms with Crippen molar-refractivity contribution in [1.29, 1.82) is 0 Å². The maximum absolute atomic E-state index is 12.2. The summed E-state index contributed by atoms with van der Waals surface area (Å²) in [5.74, 6) is -2.88. The molecular weight excluding hydrogens is 334 g/mol. The first kappa shape index (κ1) is 16.1. The minimum absolute atomic E-state index is 0.103. The SMILES string of the molecule is O=C(CC1=CSC2=NCCN12)Nc1cc(C(=O)O)cc(C(=O)O)c1. The molecule has 9 heteroatoms. The number of aromatic carboxylic acids is 2. The number of thioether (sulfide) groups is 1. The molecule has 0 radical (unpaired) electrons. The number of nitrogens with zero attached hydrogens (tertiary/aromatic N) is 2. The van der Waals surface area contributed by atoms with Gasteiger partial charge in [-0.2, -0.15) is 0 Å². The summed E-state index contributed by atoms with van der Waals surface area (Å²) in [5.41, 5.74) is 0.560. The number of benzene rings is 1. The monoisotopic (exact) mass is 347 g/mol. The summed E-state index contributed by atoms with van der Waals surface area (Å²) in [4.78, 5) is 40.6. The third kappa shape index (κ3) is 3.25. The second kappa shape index (κ2) is 6.36. The Bertz CT molecular complexity index is 770. The molecule has 0 bridgehead atoms. The fourth-order valence-corrected chi connectivity index (χ4v) is 3.39. The van der Waals surface area contributed by atoms with E-state index in [1.165, 1.54) is 23.9 Å². The van der Waals surface area contributed by atoms with Crippen molar-refractivity contribution in [2.24, 2.45) is 4.99 Å². The van der Waals surface area contributed by atoms with Crippen LogP contribution >= 0.6 is 11.8 Å². The van der Waals surface area contributed by atoms with Crippen LogP contribution in [0.2, 0.25) is 0 Å². The molecule has 3 N–H and O–H groups in total. The molecule has 1 amide bonds. The van der Waals surface area contributed by atoms with Crippen molar-refractivity contribution in [3.8, 4) is 0 Å². The van der Waals surface area contributed by atoms with Gasteiger partial charge in [0.05, 0.1) is 24.1 Å². The van der Waals surface area contributed by atoms with Gasteiger partial charge in [-0.3, -0.25) is 9.79 Å². The molecule has 3 rings (SSSR count). The van der Waals surface area contributed by atoms with Gasteiger partial charge in [0, 0.05) is 17.9 Å². The fraction of sp³-hybridized carbons (Fsp3) is 0.200. The van der Waals surface area contributed by atoms with Crippen molar-refractivity contribution in [3.63, 3.8) is 0 Å². The number of amidine groups is 1. The van der Waals surface area contributed by atoms with E-state index in [-0.39, 0.29) is 29.1 Å². The largest absolute Gasteiger partial charge is 0.478 e. The molecular formula is C15H13N3O5S. The highest BCUT2D eigenvalue weighted by Crippen LogP contribution is 2.31. The number of rotatable bonds is 5. The van der Waals surface area contributed by atoms with E-state index in [1.807, 2.05) is 10.3 Å². The number of carboxylic acids is 2. The molecule has 0 aromatic heterocycles. The van der Waals surface area contributed by atoms with E-state index in [1.54, 1.807) is 0 Å². The maximum atomic E-state index is 12.2. The van der Waals surface area contributed by atoms with E-state index < -0.39 is 11.9 Å². The van der Waals surface area contributed by atoms with Crippen LogP contribution in [0.5, 0.6) is 0 Å². The highest BCUT2D eigenvalue weighted by molar-refractivity contribution is 8.16. The molecule has 124 valence electrons. The van der Waals surface area contributed by atoms with Crippen molar-refractivity contribution >= 4 is 40.5 Å². The zero-order chi connectivity index (χ0) is 17.3. The summed E-state index contributed by atoms with van der Waals surface area (Å²) in [6.45, 7) is 1.43. The van der Waals surface area contributed by atoms with Gasteiger partial charge >= 0.3 is 11.9 Å². The zero-order valence-corrected chi connectivity index (χ0v) is 13.2. The summed E-state index contributed by atoms with van der Waals surface area (Å²) in [6.07, 6.45) is 0.103. The van der Waals surface area contributed by atoms with Crippen molar-refractivity contribution in [1.82, 2.24) is 4.90 Å². The molecule has 0 saturated heterocycles. The molecule has 1 aromatic carbocycles. The average Bonchev–Trinajstić information content (AvgIpc) is 3.12. The van der Waals surface area contributed by atoms with Gasteiger partial charge in [0.25, 0.3) is 0 Å². The summed E-state index contributed by atoms with van der Waals surface area (Å²) < 4.78 is 0. The van der Waals surface area contributed by atoms with Gasteiger partial charge in [-0.05, 0) is 23.6 Å². The molecule has 0 atom stereocenters. The van der Waals surface area contributed by atoms with Crippen LogP contribution in [-0.4, -0.2) is 51.2 Å². The quantitative estimate of drug-likeness (QED) is 0.741. The first-order valence-electron chi connectivity index (χ1n) is 7.03. The molecule has 1 aromatic rings. The van der Waals surface area contributed by atoms with Crippen LogP contribution in [0.15, 0.2) is 34.3 Å². The van der Waals surface area contributed by atoms with Gasteiger partial charge in [0.2, 0.25) is 5.91 Å². The van der Waals surface area contributed by atoms with Gasteiger partial charge in [-0.25, -0.2) is 9.59 Å². The molecule has 24 heavy (non-hydrogen) atoms. The predicted molar refractivity (Wildman–Crippen MR) is 88.3 cm³/mol. The van der Waals surface area contributed by atoms with Gasteiger partial charge < -0.3 is 20.4 Å². The number of amides is 1. The summed E-state index contributed by atoms with van der Waals surface area (Å²) in [5, 5.41) is 23.4. The maximum Gasteiger partial charge on any atom is 0.335 e. The summed E-state index contributed by atoms with van der Waals surface area (Å²) in [6, 6.07) is 3.50. The van der Waals surface area contributed by atoms with Crippen LogP contribution in [0.1, 0.15) is 27.1 Å².